The van der Waals surface area contributed by atoms with Gasteiger partial charge in [0.15, 0.2) is 0 Å². The maximum absolute atomic E-state index is 10.5. The van der Waals surface area contributed by atoms with Crippen molar-refractivity contribution in [2.24, 2.45) is 0 Å². The Morgan fingerprint density at radius 3 is 1.23 bits per heavy atom. The number of hydrogen-bond donors (Lipinski definition) is 3. The molecule has 0 atom stereocenters. The molecule has 22 heavy (non-hydrogen) atoms. The van der Waals surface area contributed by atoms with Crippen LogP contribution in [0.3, 0.4) is 0 Å². The summed E-state index contributed by atoms with van der Waals surface area (Å²) in [6, 6.07) is 0. The molecule has 0 rings (SSSR count). The smallest absolute Gasteiger partial charge is 0.549 e. The van der Waals surface area contributed by atoms with Crippen molar-refractivity contribution >= 4 is 23.9 Å². The summed E-state index contributed by atoms with van der Waals surface area (Å²) in [6.45, 7) is -2.75. The summed E-state index contributed by atoms with van der Waals surface area (Å²) in [6.07, 6.45) is 0. The Balaban J connectivity index is -0.00000180. The molecule has 131 valence electrons. The minimum Gasteiger partial charge on any atom is -0.549 e. The van der Waals surface area contributed by atoms with Crippen LogP contribution in [0.1, 0.15) is 0 Å². The number of aliphatic carboxylic acids is 4. The van der Waals surface area contributed by atoms with Crippen molar-refractivity contribution in [3.63, 3.8) is 0 Å². The first-order valence-corrected chi connectivity index (χ1v) is 5.48. The molecule has 0 aliphatic rings. The second kappa shape index (κ2) is 13.0. The molecule has 0 saturated heterocycles. The van der Waals surface area contributed by atoms with Gasteiger partial charge >= 0.3 is 29.0 Å². The van der Waals surface area contributed by atoms with Gasteiger partial charge in [0.25, 0.3) is 0 Å². The SMILES string of the molecule is N.O=C([O-])CN(CCN(CC(=O)O)CC(=O)O)CC(=O)[O-].[Cu+2]. The number of nitrogens with zero attached hydrogens (tertiary/aromatic N) is 2. The maximum Gasteiger partial charge on any atom is 2.00 e. The fourth-order valence-electron chi connectivity index (χ4n) is 1.46. The fourth-order valence-corrected chi connectivity index (χ4v) is 1.46. The number of carboxylic acid groups (broad SMARTS) is 4. The largest absolute Gasteiger partial charge is 2.00 e. The van der Waals surface area contributed by atoms with Crippen LogP contribution in [0.4, 0.5) is 0 Å². The standard InChI is InChI=1S/C10H16N2O8.Cu.H3N/c13-7(14)3-11(4-8(15)16)1-2-12(5-9(17)18)6-10(19)20;;/h1-6H2,(H,13,14)(H,15,16)(H,17,18)(H,19,20);;1H3/q;+2;/p-2. The molecule has 0 amide bonds. The fraction of sp³-hybridized carbons (Fsp3) is 0.600. The van der Waals surface area contributed by atoms with Crippen molar-refractivity contribution in [3.05, 3.63) is 0 Å². The van der Waals surface area contributed by atoms with E-state index in [0.717, 1.165) is 9.80 Å². The third-order valence-electron chi connectivity index (χ3n) is 2.16. The molecule has 0 spiro atoms. The molecule has 0 aromatic rings. The van der Waals surface area contributed by atoms with Gasteiger partial charge in [-0.15, -0.1) is 0 Å². The van der Waals surface area contributed by atoms with E-state index in [0.29, 0.717) is 0 Å². The third kappa shape index (κ3) is 14.7. The van der Waals surface area contributed by atoms with Crippen LogP contribution in [0, 0.1) is 0 Å². The van der Waals surface area contributed by atoms with Crippen molar-refractivity contribution < 1.29 is 56.7 Å². The Morgan fingerprint density at radius 1 is 0.727 bits per heavy atom. The maximum atomic E-state index is 10.5. The van der Waals surface area contributed by atoms with Crippen LogP contribution in [0.5, 0.6) is 0 Å². The Labute approximate surface area is 136 Å². The first kappa shape index (κ1) is 25.2. The number of rotatable bonds is 11. The normalized spacial score (nSPS) is 9.73. The first-order chi connectivity index (χ1) is 9.20. The van der Waals surface area contributed by atoms with Gasteiger partial charge in [0, 0.05) is 26.2 Å². The number of carbonyl (C=O) groups is 4. The second-order valence-corrected chi connectivity index (χ2v) is 3.95. The Morgan fingerprint density at radius 2 is 1.00 bits per heavy atom. The van der Waals surface area contributed by atoms with Crippen molar-refractivity contribution in [1.82, 2.24) is 16.0 Å². The molecule has 0 heterocycles. The molecule has 5 N–H and O–H groups in total. The molecule has 0 aromatic carbocycles. The molecular formula is C10H17CuN3O8. The van der Waals surface area contributed by atoms with E-state index in [1.165, 1.54) is 0 Å². The predicted octanol–water partition coefficient (Wildman–Crippen LogP) is -4.58. The van der Waals surface area contributed by atoms with Crippen molar-refractivity contribution in [2.75, 3.05) is 39.3 Å². The van der Waals surface area contributed by atoms with Crippen molar-refractivity contribution in [3.8, 4) is 0 Å². The summed E-state index contributed by atoms with van der Waals surface area (Å²) in [5.41, 5.74) is 0. The first-order valence-electron chi connectivity index (χ1n) is 5.48. The van der Waals surface area contributed by atoms with Gasteiger partial charge in [-0.25, -0.2) is 0 Å². The van der Waals surface area contributed by atoms with Gasteiger partial charge < -0.3 is 36.2 Å². The zero-order valence-corrected chi connectivity index (χ0v) is 12.4. The Hall–Kier alpha value is -1.72. The van der Waals surface area contributed by atoms with Gasteiger partial charge in [-0.3, -0.25) is 19.4 Å². The molecule has 0 saturated carbocycles. The molecular weight excluding hydrogens is 354 g/mol. The van der Waals surface area contributed by atoms with Crippen LogP contribution in [-0.2, 0) is 36.2 Å². The van der Waals surface area contributed by atoms with Gasteiger partial charge in [-0.05, 0) is 0 Å². The molecule has 0 unspecified atom stereocenters. The molecule has 12 heteroatoms. The predicted molar refractivity (Wildman–Crippen MR) is 63.2 cm³/mol. The minimum absolute atomic E-state index is 0. The van der Waals surface area contributed by atoms with Crippen LogP contribution >= 0.6 is 0 Å². The topological polar surface area (TPSA) is 196 Å². The molecule has 0 aliphatic heterocycles. The molecule has 0 aromatic heterocycles. The number of carbonyl (C=O) groups excluding carboxylic acids is 2. The van der Waals surface area contributed by atoms with Gasteiger partial charge in [-0.2, -0.15) is 0 Å². The van der Waals surface area contributed by atoms with E-state index in [1.807, 2.05) is 0 Å². The average Bonchev–Trinajstić information content (AvgIpc) is 2.22. The van der Waals surface area contributed by atoms with Gasteiger partial charge in [0.2, 0.25) is 0 Å². The molecule has 0 fully saturated rings. The zero-order chi connectivity index (χ0) is 15.7. The second-order valence-electron chi connectivity index (χ2n) is 3.95. The van der Waals surface area contributed by atoms with E-state index < -0.39 is 50.1 Å². The quantitative estimate of drug-likeness (QED) is 0.296. The van der Waals surface area contributed by atoms with Gasteiger partial charge in [-0.1, -0.05) is 0 Å². The Bertz CT molecular complexity index is 324. The van der Waals surface area contributed by atoms with Crippen LogP contribution in [0.25, 0.3) is 0 Å². The average molecular weight is 371 g/mol. The van der Waals surface area contributed by atoms with Crippen molar-refractivity contribution in [1.29, 1.82) is 0 Å². The monoisotopic (exact) mass is 370 g/mol. The van der Waals surface area contributed by atoms with E-state index >= 15 is 0 Å². The van der Waals surface area contributed by atoms with Gasteiger partial charge in [0.05, 0.1) is 25.0 Å². The van der Waals surface area contributed by atoms with Crippen LogP contribution in [-0.4, -0.2) is 83.2 Å². The summed E-state index contributed by atoms with van der Waals surface area (Å²) >= 11 is 0. The summed E-state index contributed by atoms with van der Waals surface area (Å²) in [5, 5.41) is 38.0. The molecule has 0 bridgehead atoms. The van der Waals surface area contributed by atoms with Crippen LogP contribution in [0.15, 0.2) is 0 Å². The van der Waals surface area contributed by atoms with Crippen molar-refractivity contribution in [2.45, 2.75) is 0 Å². The zero-order valence-electron chi connectivity index (χ0n) is 11.5. The van der Waals surface area contributed by atoms with E-state index in [-0.39, 0.29) is 36.3 Å². The third-order valence-corrected chi connectivity index (χ3v) is 2.16. The van der Waals surface area contributed by atoms with E-state index in [4.69, 9.17) is 10.2 Å². The van der Waals surface area contributed by atoms with Gasteiger partial charge in [0.1, 0.15) is 0 Å². The molecule has 1 radical (unpaired) electrons. The summed E-state index contributed by atoms with van der Waals surface area (Å²) in [5.74, 6) is -5.52. The van der Waals surface area contributed by atoms with E-state index in [1.54, 1.807) is 0 Å². The summed E-state index contributed by atoms with van der Waals surface area (Å²) in [7, 11) is 0. The van der Waals surface area contributed by atoms with Crippen LogP contribution < -0.4 is 16.4 Å². The summed E-state index contributed by atoms with van der Waals surface area (Å²) < 4.78 is 0. The Kier molecular flexibility index (Phi) is 14.9. The minimum atomic E-state index is -1.51. The molecule has 0 aliphatic carbocycles. The van der Waals surface area contributed by atoms with E-state index in [2.05, 4.69) is 0 Å². The number of hydrogen-bond acceptors (Lipinski definition) is 9. The molecule has 11 nitrogen and oxygen atoms in total. The number of carboxylic acids is 4. The summed E-state index contributed by atoms with van der Waals surface area (Å²) in [4.78, 5) is 43.9. The van der Waals surface area contributed by atoms with Crippen LogP contribution in [0.2, 0.25) is 0 Å². The van der Waals surface area contributed by atoms with E-state index in [9.17, 15) is 29.4 Å².